The van der Waals surface area contributed by atoms with Crippen LogP contribution in [0.15, 0.2) is 35.7 Å². The number of nitrogens with one attached hydrogen (secondary N) is 2. The summed E-state index contributed by atoms with van der Waals surface area (Å²) in [5.74, 6) is -1.35. The van der Waals surface area contributed by atoms with Gasteiger partial charge < -0.3 is 10.6 Å². The Kier molecular flexibility index (Phi) is 6.73. The van der Waals surface area contributed by atoms with Crippen LogP contribution in [0.1, 0.15) is 29.4 Å². The number of carbonyl (C=O) groups excluding carboxylic acids is 3. The molecule has 3 aromatic rings. The predicted octanol–water partition coefficient (Wildman–Crippen LogP) is 5.22. The Morgan fingerprint density at radius 2 is 1.93 bits per heavy atom. The molecule has 0 atom stereocenters. The van der Waals surface area contributed by atoms with Crippen LogP contribution in [0.2, 0.25) is 4.34 Å². The molecule has 150 valence electrons. The molecule has 0 saturated heterocycles. The Morgan fingerprint density at radius 1 is 1.14 bits per heavy atom. The van der Waals surface area contributed by atoms with Crippen molar-refractivity contribution >= 4 is 62.7 Å². The highest BCUT2D eigenvalue weighted by atomic mass is 35.5. The molecule has 0 spiro atoms. The zero-order chi connectivity index (χ0) is 21.0. The Morgan fingerprint density at radius 3 is 2.59 bits per heavy atom. The minimum Gasteiger partial charge on any atom is -0.326 e. The smallest absolute Gasteiger partial charge is 0.226 e. The van der Waals surface area contributed by atoms with Crippen LogP contribution < -0.4 is 10.6 Å². The number of hydrogen-bond donors (Lipinski definition) is 2. The van der Waals surface area contributed by atoms with E-state index in [9.17, 15) is 18.8 Å². The number of anilines is 2. The van der Waals surface area contributed by atoms with Crippen molar-refractivity contribution in [2.45, 2.75) is 19.8 Å². The van der Waals surface area contributed by atoms with Gasteiger partial charge in [0, 0.05) is 36.4 Å². The number of hydrogen-bond acceptors (Lipinski definition) is 6. The van der Waals surface area contributed by atoms with E-state index in [1.807, 2.05) is 0 Å². The fraction of sp³-hybridized carbons (Fsp3) is 0.158. The lowest BCUT2D eigenvalue weighted by Gasteiger charge is -2.05. The lowest BCUT2D eigenvalue weighted by molar-refractivity contribution is -0.116. The highest BCUT2D eigenvalue weighted by Gasteiger charge is 2.14. The Hall–Kier alpha value is -2.62. The predicted molar refractivity (Wildman–Crippen MR) is 113 cm³/mol. The van der Waals surface area contributed by atoms with Crippen LogP contribution in [-0.4, -0.2) is 22.6 Å². The summed E-state index contributed by atoms with van der Waals surface area (Å²) in [6.07, 6.45) is 0.0587. The summed E-state index contributed by atoms with van der Waals surface area (Å²) in [6.45, 7) is 1.34. The molecule has 0 aliphatic carbocycles. The molecule has 0 aliphatic rings. The van der Waals surface area contributed by atoms with Crippen LogP contribution in [0, 0.1) is 5.82 Å². The zero-order valence-electron chi connectivity index (χ0n) is 15.1. The minimum absolute atomic E-state index is 0.00302. The van der Waals surface area contributed by atoms with Gasteiger partial charge in [-0.15, -0.1) is 22.7 Å². The summed E-state index contributed by atoms with van der Waals surface area (Å²) in [6, 6.07) is 7.55. The van der Waals surface area contributed by atoms with Crippen molar-refractivity contribution in [3.8, 4) is 11.3 Å². The van der Waals surface area contributed by atoms with Gasteiger partial charge in [-0.2, -0.15) is 0 Å². The van der Waals surface area contributed by atoms with E-state index in [0.717, 1.165) is 11.3 Å². The third-order valence-electron chi connectivity index (χ3n) is 3.74. The fourth-order valence-corrected chi connectivity index (χ4v) is 4.19. The van der Waals surface area contributed by atoms with Crippen molar-refractivity contribution in [3.63, 3.8) is 0 Å². The average molecular weight is 452 g/mol. The van der Waals surface area contributed by atoms with E-state index >= 15 is 0 Å². The number of ketones is 1. The summed E-state index contributed by atoms with van der Waals surface area (Å²) >= 11 is 8.13. The van der Waals surface area contributed by atoms with E-state index in [1.54, 1.807) is 23.6 Å². The summed E-state index contributed by atoms with van der Waals surface area (Å²) in [5.41, 5.74) is 0.960. The molecule has 0 bridgehead atoms. The summed E-state index contributed by atoms with van der Waals surface area (Å²) < 4.78 is 14.8. The molecule has 0 aliphatic heterocycles. The molecule has 1 aromatic carbocycles. The normalized spacial score (nSPS) is 10.6. The number of halogens is 2. The topological polar surface area (TPSA) is 88.2 Å². The first kappa shape index (κ1) is 21.1. The maximum Gasteiger partial charge on any atom is 0.226 e. The first-order chi connectivity index (χ1) is 13.8. The van der Waals surface area contributed by atoms with Crippen LogP contribution in [0.4, 0.5) is 15.2 Å². The van der Waals surface area contributed by atoms with E-state index in [2.05, 4.69) is 15.6 Å². The molecule has 0 saturated carbocycles. The van der Waals surface area contributed by atoms with E-state index in [0.29, 0.717) is 25.7 Å². The fourth-order valence-electron chi connectivity index (χ4n) is 2.45. The second-order valence-corrected chi connectivity index (χ2v) is 8.56. The molecule has 2 heterocycles. The van der Waals surface area contributed by atoms with E-state index in [-0.39, 0.29) is 36.0 Å². The second kappa shape index (κ2) is 9.25. The largest absolute Gasteiger partial charge is 0.326 e. The molecule has 2 amide bonds. The molecule has 0 fully saturated rings. The van der Waals surface area contributed by atoms with Crippen molar-refractivity contribution in [2.24, 2.45) is 0 Å². The molecular formula is C19H15ClFN3O3S2. The van der Waals surface area contributed by atoms with E-state index in [1.165, 1.54) is 30.4 Å². The number of amides is 2. The molecule has 3 rings (SSSR count). The molecule has 29 heavy (non-hydrogen) atoms. The van der Waals surface area contributed by atoms with Crippen molar-refractivity contribution in [2.75, 3.05) is 10.6 Å². The van der Waals surface area contributed by atoms with Crippen LogP contribution in [-0.2, 0) is 9.59 Å². The number of benzene rings is 1. The van der Waals surface area contributed by atoms with Gasteiger partial charge in [0.15, 0.2) is 10.9 Å². The summed E-state index contributed by atoms with van der Waals surface area (Å²) in [4.78, 5) is 39.9. The van der Waals surface area contributed by atoms with Crippen LogP contribution in [0.5, 0.6) is 0 Å². The van der Waals surface area contributed by atoms with Crippen molar-refractivity contribution in [3.05, 3.63) is 50.7 Å². The van der Waals surface area contributed by atoms with Gasteiger partial charge in [-0.05, 0) is 30.3 Å². The van der Waals surface area contributed by atoms with Gasteiger partial charge in [0.2, 0.25) is 11.8 Å². The SMILES string of the molecule is CC(=O)Nc1ccc(-c2csc(NC(=O)CCC(=O)c3ccc(Cl)s3)n2)c(F)c1. The number of rotatable bonds is 7. The number of carbonyl (C=O) groups is 3. The lowest BCUT2D eigenvalue weighted by atomic mass is 10.1. The number of aromatic nitrogens is 1. The molecule has 2 aromatic heterocycles. The van der Waals surface area contributed by atoms with Gasteiger partial charge in [0.1, 0.15) is 5.82 Å². The maximum atomic E-state index is 14.3. The van der Waals surface area contributed by atoms with Gasteiger partial charge in [0.25, 0.3) is 0 Å². The average Bonchev–Trinajstić information content (AvgIpc) is 3.28. The molecular weight excluding hydrogens is 437 g/mol. The van der Waals surface area contributed by atoms with Crippen LogP contribution >= 0.6 is 34.3 Å². The van der Waals surface area contributed by atoms with Gasteiger partial charge in [-0.1, -0.05) is 11.6 Å². The first-order valence-corrected chi connectivity index (χ1v) is 10.5. The molecule has 10 heteroatoms. The number of thiophene rings is 1. The zero-order valence-corrected chi connectivity index (χ0v) is 17.5. The van der Waals surface area contributed by atoms with Crippen molar-refractivity contribution in [1.29, 1.82) is 0 Å². The Balaban J connectivity index is 1.59. The molecule has 0 unspecified atom stereocenters. The third-order valence-corrected chi connectivity index (χ3v) is 5.77. The van der Waals surface area contributed by atoms with Crippen molar-refractivity contribution in [1.82, 2.24) is 4.98 Å². The Bertz CT molecular complexity index is 1080. The van der Waals surface area contributed by atoms with Gasteiger partial charge in [0.05, 0.1) is 14.9 Å². The molecule has 0 radical (unpaired) electrons. The monoisotopic (exact) mass is 451 g/mol. The third kappa shape index (κ3) is 5.69. The minimum atomic E-state index is -0.542. The van der Waals surface area contributed by atoms with Crippen LogP contribution in [0.3, 0.4) is 0 Å². The summed E-state index contributed by atoms with van der Waals surface area (Å²) in [5, 5.41) is 7.04. The van der Waals surface area contributed by atoms with Gasteiger partial charge >= 0.3 is 0 Å². The highest BCUT2D eigenvalue weighted by Crippen LogP contribution is 2.29. The Labute approximate surface area is 178 Å². The maximum absolute atomic E-state index is 14.3. The van der Waals surface area contributed by atoms with E-state index in [4.69, 9.17) is 11.6 Å². The van der Waals surface area contributed by atoms with Gasteiger partial charge in [-0.25, -0.2) is 9.37 Å². The quantitative estimate of drug-likeness (QED) is 0.482. The first-order valence-electron chi connectivity index (χ1n) is 8.43. The van der Waals surface area contributed by atoms with Crippen molar-refractivity contribution < 1.29 is 18.8 Å². The number of nitrogens with zero attached hydrogens (tertiary/aromatic N) is 1. The van der Waals surface area contributed by atoms with Crippen LogP contribution in [0.25, 0.3) is 11.3 Å². The van der Waals surface area contributed by atoms with E-state index < -0.39 is 5.82 Å². The van der Waals surface area contributed by atoms with Gasteiger partial charge in [-0.3, -0.25) is 14.4 Å². The highest BCUT2D eigenvalue weighted by molar-refractivity contribution is 7.18. The molecule has 2 N–H and O–H groups in total. The number of thiazole rings is 1. The second-order valence-electron chi connectivity index (χ2n) is 5.99. The standard InChI is InChI=1S/C19H15ClFN3O3S2/c1-10(25)22-11-2-3-12(13(21)8-11)14-9-28-19(23-14)24-18(27)7-4-15(26)16-5-6-17(20)29-16/h2-3,5-6,8-9H,4,7H2,1H3,(H,22,25)(H,23,24,27). The number of Topliss-reactive ketones (excluding diaryl/α,β-unsaturated/α-hetero) is 1. The molecule has 6 nitrogen and oxygen atoms in total. The summed E-state index contributed by atoms with van der Waals surface area (Å²) in [7, 11) is 0. The lowest BCUT2D eigenvalue weighted by Crippen LogP contribution is -2.13.